The van der Waals surface area contributed by atoms with Crippen molar-refractivity contribution in [1.29, 1.82) is 0 Å². The van der Waals surface area contributed by atoms with Gasteiger partial charge in [0.05, 0.1) is 8.07 Å². The fourth-order valence-electron chi connectivity index (χ4n) is 1.91. The van der Waals surface area contributed by atoms with Crippen LogP contribution in [-0.4, -0.2) is 19.5 Å². The first-order chi connectivity index (χ1) is 8.55. The molecule has 0 unspecified atom stereocenters. The predicted molar refractivity (Wildman–Crippen MR) is 83.7 cm³/mol. The van der Waals surface area contributed by atoms with Crippen LogP contribution in [-0.2, 0) is 11.2 Å². The summed E-state index contributed by atoms with van der Waals surface area (Å²) in [5.41, 5.74) is 0.888. The lowest BCUT2D eigenvalue weighted by molar-refractivity contribution is -0.116. The van der Waals surface area contributed by atoms with Crippen molar-refractivity contribution in [2.75, 3.05) is 0 Å². The molecule has 0 saturated heterocycles. The van der Waals surface area contributed by atoms with Gasteiger partial charge in [-0.3, -0.25) is 4.79 Å². The summed E-state index contributed by atoms with van der Waals surface area (Å²) < 4.78 is 5.76. The smallest absolute Gasteiger partial charge is 0.134 e. The molecule has 0 saturated carbocycles. The lowest BCUT2D eigenvalue weighted by Gasteiger charge is -2.21. The Labute approximate surface area is 118 Å². The molecule has 0 aliphatic heterocycles. The van der Waals surface area contributed by atoms with Gasteiger partial charge in [0.1, 0.15) is 17.1 Å². The average molecular weight is 278 g/mol. The molecule has 2 nitrogen and oxygen atoms in total. The summed E-state index contributed by atoms with van der Waals surface area (Å²) in [5, 5.41) is 0. The maximum atomic E-state index is 11.9. The summed E-state index contributed by atoms with van der Waals surface area (Å²) in [6.07, 6.45) is 0.542. The van der Waals surface area contributed by atoms with E-state index in [1.165, 1.54) is 0 Å². The first kappa shape index (κ1) is 16.0. The Morgan fingerprint density at radius 3 is 2.05 bits per heavy atom. The van der Waals surface area contributed by atoms with E-state index in [0.29, 0.717) is 12.2 Å². The Hall–Kier alpha value is -1.09. The quantitative estimate of drug-likeness (QED) is 0.750. The van der Waals surface area contributed by atoms with Gasteiger partial charge in [-0.05, 0) is 38.5 Å². The molecule has 0 atom stereocenters. The zero-order valence-electron chi connectivity index (χ0n) is 13.0. The Balaban J connectivity index is 2.60. The molecule has 1 rings (SSSR count). The maximum Gasteiger partial charge on any atom is 0.134 e. The third-order valence-electron chi connectivity index (χ3n) is 2.48. The number of benzene rings is 1. The Morgan fingerprint density at radius 1 is 1.11 bits per heavy atom. The van der Waals surface area contributed by atoms with Gasteiger partial charge in [-0.15, -0.1) is 0 Å². The van der Waals surface area contributed by atoms with Crippen molar-refractivity contribution in [2.45, 2.75) is 58.5 Å². The van der Waals surface area contributed by atoms with Crippen molar-refractivity contribution in [3.05, 3.63) is 29.8 Å². The van der Waals surface area contributed by atoms with Crippen molar-refractivity contribution in [2.24, 2.45) is 0 Å². The van der Waals surface area contributed by atoms with Crippen LogP contribution in [0.2, 0.25) is 25.7 Å². The van der Waals surface area contributed by atoms with Crippen LogP contribution in [0.1, 0.15) is 26.3 Å². The third-order valence-corrected chi connectivity index (χ3v) is 3.93. The fourth-order valence-corrected chi connectivity index (χ4v) is 3.22. The van der Waals surface area contributed by atoms with Gasteiger partial charge < -0.3 is 4.74 Å². The Bertz CT molecular complexity index is 422. The molecular weight excluding hydrogens is 252 g/mol. The molecule has 0 amide bonds. The van der Waals surface area contributed by atoms with Crippen LogP contribution in [0.5, 0.6) is 5.75 Å². The molecule has 1 aromatic carbocycles. The summed E-state index contributed by atoms with van der Waals surface area (Å²) in [6.45, 7) is 12.8. The van der Waals surface area contributed by atoms with Crippen LogP contribution in [0, 0.1) is 0 Å². The van der Waals surface area contributed by atoms with Crippen LogP contribution in [0.15, 0.2) is 24.3 Å². The van der Waals surface area contributed by atoms with E-state index in [-0.39, 0.29) is 5.60 Å². The van der Waals surface area contributed by atoms with Crippen molar-refractivity contribution in [3.8, 4) is 5.75 Å². The largest absolute Gasteiger partial charge is 0.488 e. The lowest BCUT2D eigenvalue weighted by Crippen LogP contribution is -2.24. The minimum absolute atomic E-state index is 0.185. The standard InChI is InChI=1S/C16H26O2Si/c1-16(2,3)18-15-9-7-13(8-10-15)11-14(17)12-19(4,5)6/h7-10H,11-12H2,1-6H3. The van der Waals surface area contributed by atoms with Crippen LogP contribution in [0.3, 0.4) is 0 Å². The second-order valence-corrected chi connectivity index (χ2v) is 12.8. The average Bonchev–Trinajstić information content (AvgIpc) is 2.15. The second kappa shape index (κ2) is 5.91. The zero-order chi connectivity index (χ0) is 14.7. The molecule has 0 heterocycles. The number of hydrogen-bond acceptors (Lipinski definition) is 2. The van der Waals surface area contributed by atoms with Crippen molar-refractivity contribution in [1.82, 2.24) is 0 Å². The van der Waals surface area contributed by atoms with Gasteiger partial charge in [0, 0.05) is 12.5 Å². The number of carbonyl (C=O) groups excluding carboxylic acids is 1. The molecule has 19 heavy (non-hydrogen) atoms. The monoisotopic (exact) mass is 278 g/mol. The van der Waals surface area contributed by atoms with E-state index in [0.717, 1.165) is 17.4 Å². The van der Waals surface area contributed by atoms with E-state index in [1.807, 2.05) is 45.0 Å². The molecule has 0 aromatic heterocycles. The van der Waals surface area contributed by atoms with Gasteiger partial charge in [-0.2, -0.15) is 0 Å². The van der Waals surface area contributed by atoms with Crippen molar-refractivity contribution >= 4 is 13.9 Å². The molecule has 0 aliphatic carbocycles. The highest BCUT2D eigenvalue weighted by Crippen LogP contribution is 2.19. The predicted octanol–water partition coefficient (Wildman–Crippen LogP) is 4.31. The molecule has 0 N–H and O–H groups in total. The van der Waals surface area contributed by atoms with Crippen LogP contribution in [0.25, 0.3) is 0 Å². The summed E-state index contributed by atoms with van der Waals surface area (Å²) in [5.74, 6) is 1.21. The normalized spacial score (nSPS) is 12.3. The summed E-state index contributed by atoms with van der Waals surface area (Å²) in [7, 11) is -1.29. The van der Waals surface area contributed by atoms with E-state index >= 15 is 0 Å². The molecule has 1 aromatic rings. The van der Waals surface area contributed by atoms with Gasteiger partial charge >= 0.3 is 0 Å². The highest BCUT2D eigenvalue weighted by molar-refractivity contribution is 6.78. The summed E-state index contributed by atoms with van der Waals surface area (Å²) >= 11 is 0. The van der Waals surface area contributed by atoms with E-state index in [9.17, 15) is 4.79 Å². The van der Waals surface area contributed by atoms with Gasteiger partial charge in [0.25, 0.3) is 0 Å². The molecular formula is C16H26O2Si. The molecule has 106 valence electrons. The van der Waals surface area contributed by atoms with Crippen molar-refractivity contribution in [3.63, 3.8) is 0 Å². The van der Waals surface area contributed by atoms with E-state index in [1.54, 1.807) is 0 Å². The molecule has 3 heteroatoms. The minimum Gasteiger partial charge on any atom is -0.488 e. The number of ketones is 1. The number of hydrogen-bond donors (Lipinski definition) is 0. The van der Waals surface area contributed by atoms with Crippen LogP contribution in [0.4, 0.5) is 0 Å². The first-order valence-corrected chi connectivity index (χ1v) is 10.6. The van der Waals surface area contributed by atoms with E-state index in [4.69, 9.17) is 4.74 Å². The molecule has 0 spiro atoms. The second-order valence-electron chi connectivity index (χ2n) is 7.31. The SMILES string of the molecule is CC(C)(C)Oc1ccc(CC(=O)C[Si](C)(C)C)cc1. The zero-order valence-corrected chi connectivity index (χ0v) is 14.0. The van der Waals surface area contributed by atoms with Gasteiger partial charge in [0.15, 0.2) is 0 Å². The Kier molecular flexibility index (Phi) is 4.96. The van der Waals surface area contributed by atoms with Gasteiger partial charge in [-0.25, -0.2) is 0 Å². The molecule has 0 bridgehead atoms. The maximum absolute atomic E-state index is 11.9. The molecule has 0 aliphatic rings. The lowest BCUT2D eigenvalue weighted by atomic mass is 10.1. The Morgan fingerprint density at radius 2 is 1.63 bits per heavy atom. The van der Waals surface area contributed by atoms with E-state index < -0.39 is 8.07 Å². The third kappa shape index (κ3) is 7.16. The number of Topliss-reactive ketones (excluding diaryl/α,β-unsaturated/α-hetero) is 1. The fraction of sp³-hybridized carbons (Fsp3) is 0.562. The highest BCUT2D eigenvalue weighted by atomic mass is 28.3. The topological polar surface area (TPSA) is 26.3 Å². The van der Waals surface area contributed by atoms with Gasteiger partial charge in [-0.1, -0.05) is 31.8 Å². The highest BCUT2D eigenvalue weighted by Gasteiger charge is 2.18. The molecule has 0 fully saturated rings. The van der Waals surface area contributed by atoms with Crippen molar-refractivity contribution < 1.29 is 9.53 Å². The number of rotatable bonds is 5. The van der Waals surface area contributed by atoms with Gasteiger partial charge in [0.2, 0.25) is 0 Å². The van der Waals surface area contributed by atoms with Crippen LogP contribution < -0.4 is 4.74 Å². The summed E-state index contributed by atoms with van der Waals surface area (Å²) in [6, 6.07) is 8.63. The number of carbonyl (C=O) groups is 1. The first-order valence-electron chi connectivity index (χ1n) is 6.85. The van der Waals surface area contributed by atoms with E-state index in [2.05, 4.69) is 19.6 Å². The minimum atomic E-state index is -1.29. The summed E-state index contributed by atoms with van der Waals surface area (Å²) in [4.78, 5) is 11.9. The molecule has 0 radical (unpaired) electrons. The van der Waals surface area contributed by atoms with Crippen LogP contribution >= 0.6 is 0 Å². The number of ether oxygens (including phenoxy) is 1.